The Hall–Kier alpha value is -0.330. The van der Waals surface area contributed by atoms with Gasteiger partial charge in [-0.05, 0) is 24.5 Å². The van der Waals surface area contributed by atoms with Crippen LogP contribution < -0.4 is 0 Å². The van der Waals surface area contributed by atoms with Gasteiger partial charge in [-0.2, -0.15) is 0 Å². The van der Waals surface area contributed by atoms with Gasteiger partial charge in [0, 0.05) is 0 Å². The van der Waals surface area contributed by atoms with Crippen LogP contribution in [0.3, 0.4) is 0 Å². The molecule has 1 aliphatic carbocycles. The second-order valence-electron chi connectivity index (χ2n) is 3.09. The first-order valence-corrected chi connectivity index (χ1v) is 3.85. The van der Waals surface area contributed by atoms with Crippen molar-refractivity contribution in [3.63, 3.8) is 0 Å². The highest BCUT2D eigenvalue weighted by Gasteiger charge is 2.18. The Kier molecular flexibility index (Phi) is 2.26. The average molecular weight is 125 g/mol. The van der Waals surface area contributed by atoms with Crippen LogP contribution >= 0.6 is 0 Å². The third-order valence-electron chi connectivity index (χ3n) is 2.39. The maximum atomic E-state index is 7.10. The second kappa shape index (κ2) is 3.00. The summed E-state index contributed by atoms with van der Waals surface area (Å²) >= 11 is 0. The van der Waals surface area contributed by atoms with Crippen LogP contribution in [0.15, 0.2) is 0 Å². The van der Waals surface area contributed by atoms with E-state index in [1.54, 1.807) is 6.21 Å². The quantitative estimate of drug-likeness (QED) is 0.520. The highest BCUT2D eigenvalue weighted by atomic mass is 14.4. The Balaban J connectivity index is 2.38. The molecule has 0 amide bonds. The third-order valence-corrected chi connectivity index (χ3v) is 2.39. The molecule has 1 saturated carbocycles. The third kappa shape index (κ3) is 1.54. The Morgan fingerprint density at radius 2 is 2.00 bits per heavy atom. The molecular weight excluding hydrogens is 110 g/mol. The van der Waals surface area contributed by atoms with E-state index in [1.807, 2.05) is 0 Å². The fourth-order valence-corrected chi connectivity index (χ4v) is 1.59. The van der Waals surface area contributed by atoms with Crippen LogP contribution in [-0.4, -0.2) is 6.21 Å². The van der Waals surface area contributed by atoms with Crippen molar-refractivity contribution in [1.29, 1.82) is 5.41 Å². The molecule has 0 radical (unpaired) electrons. The summed E-state index contributed by atoms with van der Waals surface area (Å²) < 4.78 is 0. The smallest absolute Gasteiger partial charge is 0.00141 e. The molecule has 2 unspecified atom stereocenters. The molecule has 52 valence electrons. The maximum Gasteiger partial charge on any atom is -0.00141 e. The lowest BCUT2D eigenvalue weighted by Gasteiger charge is -2.24. The monoisotopic (exact) mass is 125 g/mol. The van der Waals surface area contributed by atoms with Crippen LogP contribution in [-0.2, 0) is 0 Å². The highest BCUT2D eigenvalue weighted by molar-refractivity contribution is 5.57. The molecule has 0 spiro atoms. The molecule has 0 aromatic rings. The van der Waals surface area contributed by atoms with Crippen LogP contribution in [0.4, 0.5) is 0 Å². The fourth-order valence-electron chi connectivity index (χ4n) is 1.59. The molecule has 1 N–H and O–H groups in total. The van der Waals surface area contributed by atoms with Crippen molar-refractivity contribution in [2.75, 3.05) is 0 Å². The van der Waals surface area contributed by atoms with E-state index in [2.05, 4.69) is 6.92 Å². The van der Waals surface area contributed by atoms with Gasteiger partial charge in [-0.3, -0.25) is 0 Å². The van der Waals surface area contributed by atoms with E-state index in [-0.39, 0.29) is 0 Å². The minimum Gasteiger partial charge on any atom is -0.313 e. The largest absolute Gasteiger partial charge is 0.313 e. The van der Waals surface area contributed by atoms with Crippen molar-refractivity contribution in [2.45, 2.75) is 32.6 Å². The molecule has 1 fully saturated rings. The molecular formula is C8H15N. The van der Waals surface area contributed by atoms with E-state index >= 15 is 0 Å². The summed E-state index contributed by atoms with van der Waals surface area (Å²) in [5, 5.41) is 7.10. The predicted molar refractivity (Wildman–Crippen MR) is 39.9 cm³/mol. The van der Waals surface area contributed by atoms with Gasteiger partial charge in [0.25, 0.3) is 0 Å². The zero-order valence-corrected chi connectivity index (χ0v) is 6.06. The van der Waals surface area contributed by atoms with Crippen LogP contribution in [0.25, 0.3) is 0 Å². The molecule has 1 rings (SSSR count). The summed E-state index contributed by atoms with van der Waals surface area (Å²) in [6.45, 7) is 2.26. The lowest BCUT2D eigenvalue weighted by atomic mass is 9.81. The predicted octanol–water partition coefficient (Wildman–Crippen LogP) is 2.46. The van der Waals surface area contributed by atoms with Gasteiger partial charge in [0.05, 0.1) is 0 Å². The summed E-state index contributed by atoms with van der Waals surface area (Å²) in [5.41, 5.74) is 0. The molecule has 0 bridgehead atoms. The van der Waals surface area contributed by atoms with Gasteiger partial charge in [-0.15, -0.1) is 0 Å². The van der Waals surface area contributed by atoms with Crippen molar-refractivity contribution < 1.29 is 0 Å². The highest BCUT2D eigenvalue weighted by Crippen LogP contribution is 2.27. The minimum absolute atomic E-state index is 0.596. The lowest BCUT2D eigenvalue weighted by Crippen LogP contribution is -2.16. The van der Waals surface area contributed by atoms with Crippen molar-refractivity contribution in [3.8, 4) is 0 Å². The van der Waals surface area contributed by atoms with Crippen LogP contribution in [0.2, 0.25) is 0 Å². The summed E-state index contributed by atoms with van der Waals surface area (Å²) in [4.78, 5) is 0. The molecule has 0 aromatic heterocycles. The zero-order chi connectivity index (χ0) is 6.69. The van der Waals surface area contributed by atoms with Crippen LogP contribution in [0, 0.1) is 17.2 Å². The Labute approximate surface area is 57.0 Å². The minimum atomic E-state index is 0.596. The second-order valence-corrected chi connectivity index (χ2v) is 3.09. The summed E-state index contributed by atoms with van der Waals surface area (Å²) in [6.07, 6.45) is 6.93. The maximum absolute atomic E-state index is 7.10. The number of rotatable bonds is 1. The van der Waals surface area contributed by atoms with E-state index in [1.165, 1.54) is 25.7 Å². The average Bonchev–Trinajstić information content (AvgIpc) is 1.89. The molecule has 0 aromatic carbocycles. The topological polar surface area (TPSA) is 23.9 Å². The molecule has 0 saturated heterocycles. The first-order valence-electron chi connectivity index (χ1n) is 3.85. The van der Waals surface area contributed by atoms with Gasteiger partial charge in [0.1, 0.15) is 0 Å². The fraction of sp³-hybridized carbons (Fsp3) is 0.875. The van der Waals surface area contributed by atoms with Gasteiger partial charge < -0.3 is 5.41 Å². The summed E-state index contributed by atoms with van der Waals surface area (Å²) in [7, 11) is 0. The zero-order valence-electron chi connectivity index (χ0n) is 6.06. The lowest BCUT2D eigenvalue weighted by molar-refractivity contribution is 0.328. The number of hydrogen-bond acceptors (Lipinski definition) is 1. The molecule has 1 aliphatic rings. The number of nitrogens with one attached hydrogen (secondary N) is 1. The first-order chi connectivity index (χ1) is 4.34. The Morgan fingerprint density at radius 3 is 2.44 bits per heavy atom. The molecule has 1 heteroatoms. The van der Waals surface area contributed by atoms with Gasteiger partial charge >= 0.3 is 0 Å². The van der Waals surface area contributed by atoms with Crippen LogP contribution in [0.1, 0.15) is 32.6 Å². The van der Waals surface area contributed by atoms with Crippen LogP contribution in [0.5, 0.6) is 0 Å². The Morgan fingerprint density at radius 1 is 1.33 bits per heavy atom. The van der Waals surface area contributed by atoms with E-state index in [9.17, 15) is 0 Å². The molecule has 2 atom stereocenters. The van der Waals surface area contributed by atoms with Crippen molar-refractivity contribution in [2.24, 2.45) is 11.8 Å². The van der Waals surface area contributed by atoms with Gasteiger partial charge in [0.2, 0.25) is 0 Å². The summed E-state index contributed by atoms with van der Waals surface area (Å²) in [5.74, 6) is 1.37. The van der Waals surface area contributed by atoms with Crippen molar-refractivity contribution >= 4 is 6.21 Å². The van der Waals surface area contributed by atoms with Gasteiger partial charge in [0.15, 0.2) is 0 Å². The number of hydrogen-bond donors (Lipinski definition) is 1. The molecule has 1 nitrogen and oxygen atoms in total. The normalized spacial score (nSPS) is 36.1. The Bertz CT molecular complexity index is 98.7. The van der Waals surface area contributed by atoms with Gasteiger partial charge in [-0.25, -0.2) is 0 Å². The summed E-state index contributed by atoms with van der Waals surface area (Å²) in [6, 6.07) is 0. The van der Waals surface area contributed by atoms with Crippen molar-refractivity contribution in [1.82, 2.24) is 0 Å². The van der Waals surface area contributed by atoms with E-state index in [0.29, 0.717) is 5.92 Å². The van der Waals surface area contributed by atoms with Gasteiger partial charge in [-0.1, -0.05) is 26.2 Å². The standard InChI is InChI=1S/C8H15N/c1-7-4-2-3-5-8(7)6-9/h6-9H,2-5H2,1H3. The molecule has 9 heavy (non-hydrogen) atoms. The van der Waals surface area contributed by atoms with Crippen molar-refractivity contribution in [3.05, 3.63) is 0 Å². The van der Waals surface area contributed by atoms with E-state index in [4.69, 9.17) is 5.41 Å². The van der Waals surface area contributed by atoms with E-state index in [0.717, 1.165) is 5.92 Å². The molecule has 0 heterocycles. The SMILES string of the molecule is CC1CCCCC1C=N. The van der Waals surface area contributed by atoms with E-state index < -0.39 is 0 Å². The molecule has 0 aliphatic heterocycles. The first kappa shape index (κ1) is 6.79.